The topological polar surface area (TPSA) is 44.3 Å². The van der Waals surface area contributed by atoms with Crippen LogP contribution in [0.15, 0.2) is 12.0 Å². The van der Waals surface area contributed by atoms with E-state index in [9.17, 15) is 0 Å². The van der Waals surface area contributed by atoms with Crippen LogP contribution in [0.25, 0.3) is 0 Å². The molecule has 0 bridgehead atoms. The van der Waals surface area contributed by atoms with Crippen LogP contribution in [-0.2, 0) is 0 Å². The Balaban J connectivity index is 2.61. The van der Waals surface area contributed by atoms with E-state index in [-0.39, 0.29) is 17.3 Å². The quantitative estimate of drug-likeness (QED) is 0.471. The number of aliphatic hydroxyl groups is 1. The largest absolute Gasteiger partial charge is 0.494 e. The molecule has 1 heterocycles. The second-order valence-corrected chi connectivity index (χ2v) is 3.66. The van der Waals surface area contributed by atoms with Gasteiger partial charge < -0.3 is 5.11 Å². The molecule has 0 aromatic carbocycles. The summed E-state index contributed by atoms with van der Waals surface area (Å²) in [6.07, 6.45) is 1.78. The second-order valence-electron chi connectivity index (χ2n) is 3.66. The lowest BCUT2D eigenvalue weighted by atomic mass is 9.88. The van der Waals surface area contributed by atoms with E-state index < -0.39 is 0 Å². The molecule has 0 fully saturated rings. The number of hydrazine groups is 1. The minimum Gasteiger partial charge on any atom is -0.494 e. The summed E-state index contributed by atoms with van der Waals surface area (Å²) in [7, 11) is 0. The first-order chi connectivity index (χ1) is 4.50. The summed E-state index contributed by atoms with van der Waals surface area (Å²) in [4.78, 5) is 0. The Hall–Kier alpha value is -0.700. The van der Waals surface area contributed by atoms with Crippen LogP contribution in [0, 0.1) is 5.41 Å². The predicted molar refractivity (Wildman–Crippen MR) is 40.2 cm³/mol. The summed E-state index contributed by atoms with van der Waals surface area (Å²) in [6, 6.07) is 0.215. The highest BCUT2D eigenvalue weighted by Crippen LogP contribution is 2.22. The molecule has 3 nitrogen and oxygen atoms in total. The van der Waals surface area contributed by atoms with E-state index in [4.69, 9.17) is 5.11 Å². The van der Waals surface area contributed by atoms with Gasteiger partial charge in [0.2, 0.25) is 0 Å². The summed E-state index contributed by atoms with van der Waals surface area (Å²) in [5.74, 6) is 0.222. The van der Waals surface area contributed by atoms with Gasteiger partial charge in [-0.3, -0.25) is 5.43 Å². The Labute approximate surface area is 61.1 Å². The molecule has 58 valence electrons. The zero-order chi connectivity index (χ0) is 7.78. The molecule has 1 unspecified atom stereocenters. The molecule has 0 saturated heterocycles. The molecule has 3 N–H and O–H groups in total. The maximum absolute atomic E-state index is 8.95. The Morgan fingerprint density at radius 2 is 2.10 bits per heavy atom. The van der Waals surface area contributed by atoms with Crippen molar-refractivity contribution in [2.75, 3.05) is 0 Å². The SMILES string of the molecule is CC(C)(C)C1C=C(O)NN1. The predicted octanol–water partition coefficient (Wildman–Crippen LogP) is 0.908. The van der Waals surface area contributed by atoms with Crippen LogP contribution in [0.2, 0.25) is 0 Å². The van der Waals surface area contributed by atoms with E-state index in [1.165, 1.54) is 0 Å². The molecule has 1 aliphatic heterocycles. The molecule has 0 amide bonds. The highest BCUT2D eigenvalue weighted by Gasteiger charge is 2.26. The van der Waals surface area contributed by atoms with Crippen LogP contribution in [0.1, 0.15) is 20.8 Å². The van der Waals surface area contributed by atoms with E-state index in [1.54, 1.807) is 6.08 Å². The fourth-order valence-corrected chi connectivity index (χ4v) is 0.859. The number of hydrogen-bond acceptors (Lipinski definition) is 3. The molecule has 1 aliphatic rings. The molecule has 1 atom stereocenters. The van der Waals surface area contributed by atoms with Gasteiger partial charge in [-0.05, 0) is 11.5 Å². The third kappa shape index (κ3) is 1.42. The molecule has 0 aromatic heterocycles. The average molecular weight is 142 g/mol. The molecule has 0 aliphatic carbocycles. The number of aliphatic hydroxyl groups excluding tert-OH is 1. The van der Waals surface area contributed by atoms with Crippen molar-refractivity contribution >= 4 is 0 Å². The Morgan fingerprint density at radius 1 is 1.50 bits per heavy atom. The van der Waals surface area contributed by atoms with E-state index in [1.807, 2.05) is 0 Å². The maximum atomic E-state index is 8.95. The fourth-order valence-electron chi connectivity index (χ4n) is 0.859. The molecule has 0 radical (unpaired) electrons. The van der Waals surface area contributed by atoms with Crippen LogP contribution in [-0.4, -0.2) is 11.1 Å². The number of nitrogens with one attached hydrogen (secondary N) is 2. The van der Waals surface area contributed by atoms with E-state index in [2.05, 4.69) is 31.6 Å². The molecule has 3 heteroatoms. The zero-order valence-electron chi connectivity index (χ0n) is 6.60. The summed E-state index contributed by atoms with van der Waals surface area (Å²) in [5.41, 5.74) is 5.75. The van der Waals surface area contributed by atoms with E-state index >= 15 is 0 Å². The Bertz CT molecular complexity index is 157. The van der Waals surface area contributed by atoms with Gasteiger partial charge in [0.15, 0.2) is 5.88 Å². The van der Waals surface area contributed by atoms with Gasteiger partial charge in [0, 0.05) is 0 Å². The van der Waals surface area contributed by atoms with Crippen molar-refractivity contribution in [2.45, 2.75) is 26.8 Å². The number of hydrogen-bond donors (Lipinski definition) is 3. The van der Waals surface area contributed by atoms with Crippen molar-refractivity contribution in [3.05, 3.63) is 12.0 Å². The minimum absolute atomic E-state index is 0.150. The van der Waals surface area contributed by atoms with Gasteiger partial charge in [-0.1, -0.05) is 20.8 Å². The van der Waals surface area contributed by atoms with E-state index in [0.29, 0.717) is 0 Å². The third-order valence-electron chi connectivity index (χ3n) is 1.61. The van der Waals surface area contributed by atoms with Gasteiger partial charge in [-0.25, -0.2) is 5.43 Å². The smallest absolute Gasteiger partial charge is 0.196 e. The third-order valence-corrected chi connectivity index (χ3v) is 1.61. The minimum atomic E-state index is 0.150. The highest BCUT2D eigenvalue weighted by atomic mass is 16.3. The van der Waals surface area contributed by atoms with Crippen molar-refractivity contribution in [3.63, 3.8) is 0 Å². The summed E-state index contributed by atoms with van der Waals surface area (Å²) in [6.45, 7) is 6.34. The molecule has 1 rings (SSSR count). The van der Waals surface area contributed by atoms with Crippen molar-refractivity contribution in [1.82, 2.24) is 10.9 Å². The van der Waals surface area contributed by atoms with Crippen LogP contribution in [0.4, 0.5) is 0 Å². The molecule has 10 heavy (non-hydrogen) atoms. The van der Waals surface area contributed by atoms with Crippen LogP contribution < -0.4 is 10.9 Å². The Morgan fingerprint density at radius 3 is 2.30 bits per heavy atom. The number of rotatable bonds is 0. The molecular formula is C7H14N2O. The van der Waals surface area contributed by atoms with Crippen molar-refractivity contribution in [2.24, 2.45) is 5.41 Å². The fraction of sp³-hybridized carbons (Fsp3) is 0.714. The summed E-state index contributed by atoms with van der Waals surface area (Å²) >= 11 is 0. The Kier molecular flexibility index (Phi) is 1.60. The van der Waals surface area contributed by atoms with E-state index in [0.717, 1.165) is 0 Å². The molecule has 0 aromatic rings. The van der Waals surface area contributed by atoms with Crippen molar-refractivity contribution < 1.29 is 5.11 Å². The highest BCUT2D eigenvalue weighted by molar-refractivity contribution is 5.06. The zero-order valence-corrected chi connectivity index (χ0v) is 6.60. The normalized spacial score (nSPS) is 25.9. The van der Waals surface area contributed by atoms with Gasteiger partial charge >= 0.3 is 0 Å². The van der Waals surface area contributed by atoms with Gasteiger partial charge in [-0.15, -0.1) is 0 Å². The second kappa shape index (κ2) is 2.16. The first-order valence-electron chi connectivity index (χ1n) is 3.42. The van der Waals surface area contributed by atoms with Gasteiger partial charge in [0.1, 0.15) is 0 Å². The molecular weight excluding hydrogens is 128 g/mol. The van der Waals surface area contributed by atoms with Crippen molar-refractivity contribution in [1.29, 1.82) is 0 Å². The summed E-state index contributed by atoms with van der Waals surface area (Å²) < 4.78 is 0. The monoisotopic (exact) mass is 142 g/mol. The lowest BCUT2D eigenvalue weighted by Crippen LogP contribution is -2.40. The average Bonchev–Trinajstić information content (AvgIpc) is 2.11. The van der Waals surface area contributed by atoms with Crippen LogP contribution in [0.3, 0.4) is 0 Å². The first-order valence-corrected chi connectivity index (χ1v) is 3.42. The first kappa shape index (κ1) is 7.41. The van der Waals surface area contributed by atoms with Crippen LogP contribution >= 0.6 is 0 Å². The van der Waals surface area contributed by atoms with Gasteiger partial charge in [-0.2, -0.15) is 0 Å². The molecule has 0 saturated carbocycles. The molecule has 0 spiro atoms. The van der Waals surface area contributed by atoms with Gasteiger partial charge in [0.05, 0.1) is 6.04 Å². The van der Waals surface area contributed by atoms with Crippen LogP contribution in [0.5, 0.6) is 0 Å². The van der Waals surface area contributed by atoms with Gasteiger partial charge in [0.25, 0.3) is 0 Å². The summed E-state index contributed by atoms with van der Waals surface area (Å²) in [5, 5.41) is 8.95. The lowest BCUT2D eigenvalue weighted by molar-refractivity contribution is 0.301. The van der Waals surface area contributed by atoms with Crippen molar-refractivity contribution in [3.8, 4) is 0 Å². The maximum Gasteiger partial charge on any atom is 0.196 e. The lowest BCUT2D eigenvalue weighted by Gasteiger charge is -2.24. The standard InChI is InChI=1S/C7H14N2O/c1-7(2,3)5-4-6(10)9-8-5/h4-5,8-10H,1-3H3.